The van der Waals surface area contributed by atoms with E-state index >= 15 is 0 Å². The normalized spacial score (nSPS) is 15.5. The van der Waals surface area contributed by atoms with E-state index in [9.17, 15) is 24.2 Å². The van der Waals surface area contributed by atoms with Gasteiger partial charge in [-0.2, -0.15) is 0 Å². The molecule has 0 heterocycles. The van der Waals surface area contributed by atoms with Crippen molar-refractivity contribution in [2.24, 2.45) is 11.3 Å². The van der Waals surface area contributed by atoms with Crippen LogP contribution in [0.3, 0.4) is 0 Å². The lowest BCUT2D eigenvalue weighted by atomic mass is 9.87. The zero-order chi connectivity index (χ0) is 21.3. The molecule has 0 rings (SSSR count). The minimum absolute atomic E-state index is 0.0787. The van der Waals surface area contributed by atoms with E-state index in [4.69, 9.17) is 9.05 Å². The molecule has 0 aromatic heterocycles. The summed E-state index contributed by atoms with van der Waals surface area (Å²) in [4.78, 5) is 33.3. The molecule has 0 aromatic rings. The van der Waals surface area contributed by atoms with Gasteiger partial charge in [0.15, 0.2) is 0 Å². The zero-order valence-corrected chi connectivity index (χ0v) is 18.0. The fraction of sp³-hybridized carbons (Fsp3) is 0.882. The minimum Gasteiger partial charge on any atom is -0.383 e. The molecule has 0 bridgehead atoms. The van der Waals surface area contributed by atoms with Gasteiger partial charge in [-0.3, -0.25) is 18.6 Å². The lowest BCUT2D eigenvalue weighted by Gasteiger charge is -2.30. The molecule has 0 radical (unpaired) electrons. The molecule has 9 nitrogen and oxygen atoms in total. The molecule has 0 aliphatic rings. The molecular formula is C17H35N2O7P. The Hall–Kier alpha value is -0.990. The first-order valence-corrected chi connectivity index (χ1v) is 10.6. The smallest absolute Gasteiger partial charge is 0.383 e. The molecule has 0 fully saturated rings. The van der Waals surface area contributed by atoms with E-state index in [2.05, 4.69) is 24.5 Å². The van der Waals surface area contributed by atoms with Gasteiger partial charge in [0.05, 0.1) is 12.7 Å². The number of nitrogens with one attached hydrogen (secondary N) is 2. The maximum absolute atomic E-state index is 12.1. The molecule has 4 N–H and O–H groups in total. The number of aliphatic hydroxyl groups is 1. The van der Waals surface area contributed by atoms with E-state index in [0.29, 0.717) is 12.5 Å². The standard InChI is InChI=1S/C17H35N2O7P/c1-12(2)7-9-18-14(20)8-10-19-16(22)15(21)17(5,6)11-25-27(23,24)26-13(3)4/h12-13,15,21H,7-11H2,1-6H3,(H,18,20)(H,19,22)(H,23,24). The second-order valence-electron chi connectivity index (χ2n) is 7.86. The molecule has 0 saturated heterocycles. The third-order valence-corrected chi connectivity index (χ3v) is 4.77. The van der Waals surface area contributed by atoms with Gasteiger partial charge in [0, 0.05) is 24.9 Å². The van der Waals surface area contributed by atoms with Crippen LogP contribution in [-0.4, -0.2) is 53.7 Å². The van der Waals surface area contributed by atoms with Crippen LogP contribution in [0.15, 0.2) is 0 Å². The number of amides is 2. The van der Waals surface area contributed by atoms with E-state index < -0.39 is 31.4 Å². The summed E-state index contributed by atoms with van der Waals surface area (Å²) < 4.78 is 21.4. The lowest BCUT2D eigenvalue weighted by molar-refractivity contribution is -0.137. The highest BCUT2D eigenvalue weighted by Crippen LogP contribution is 2.46. The SMILES string of the molecule is CC(C)CCNC(=O)CCNC(=O)C(O)C(C)(C)COP(=O)(O)OC(C)C. The van der Waals surface area contributed by atoms with Crippen molar-refractivity contribution in [1.82, 2.24) is 10.6 Å². The van der Waals surface area contributed by atoms with Gasteiger partial charge >= 0.3 is 7.82 Å². The van der Waals surface area contributed by atoms with Crippen molar-refractivity contribution in [1.29, 1.82) is 0 Å². The predicted molar refractivity (Wildman–Crippen MR) is 102 cm³/mol. The first-order chi connectivity index (χ1) is 12.3. The molecule has 0 aliphatic carbocycles. The van der Waals surface area contributed by atoms with Crippen molar-refractivity contribution in [2.75, 3.05) is 19.7 Å². The number of carbonyl (C=O) groups is 2. The van der Waals surface area contributed by atoms with Gasteiger partial charge < -0.3 is 20.6 Å². The average Bonchev–Trinajstić information content (AvgIpc) is 2.50. The second-order valence-corrected chi connectivity index (χ2v) is 9.27. The summed E-state index contributed by atoms with van der Waals surface area (Å²) in [6.45, 7) is 10.6. The molecule has 27 heavy (non-hydrogen) atoms. The van der Waals surface area contributed by atoms with Crippen molar-refractivity contribution < 1.29 is 33.2 Å². The van der Waals surface area contributed by atoms with Crippen LogP contribution in [-0.2, 0) is 23.2 Å². The fourth-order valence-electron chi connectivity index (χ4n) is 1.96. The molecule has 2 atom stereocenters. The van der Waals surface area contributed by atoms with Crippen molar-refractivity contribution in [2.45, 2.75) is 66.6 Å². The highest BCUT2D eigenvalue weighted by atomic mass is 31.2. The summed E-state index contributed by atoms with van der Waals surface area (Å²) in [7, 11) is -4.26. The van der Waals surface area contributed by atoms with Gasteiger partial charge in [-0.1, -0.05) is 27.7 Å². The van der Waals surface area contributed by atoms with Gasteiger partial charge in [0.2, 0.25) is 11.8 Å². The number of hydrogen-bond acceptors (Lipinski definition) is 6. The summed E-state index contributed by atoms with van der Waals surface area (Å²) in [5.74, 6) is -0.374. The summed E-state index contributed by atoms with van der Waals surface area (Å²) in [5, 5.41) is 15.4. The number of aliphatic hydroxyl groups excluding tert-OH is 1. The Morgan fingerprint density at radius 3 is 2.22 bits per heavy atom. The summed E-state index contributed by atoms with van der Waals surface area (Å²) in [5.41, 5.74) is -1.14. The van der Waals surface area contributed by atoms with Gasteiger partial charge in [0.1, 0.15) is 6.10 Å². The second kappa shape index (κ2) is 11.8. The van der Waals surface area contributed by atoms with Crippen LogP contribution < -0.4 is 10.6 Å². The van der Waals surface area contributed by atoms with Crippen LogP contribution in [0.2, 0.25) is 0 Å². The Kier molecular flexibility index (Phi) is 11.3. The van der Waals surface area contributed by atoms with E-state index in [-0.39, 0.29) is 25.5 Å². The van der Waals surface area contributed by atoms with Gasteiger partial charge in [-0.05, 0) is 26.2 Å². The third-order valence-electron chi connectivity index (χ3n) is 3.63. The van der Waals surface area contributed by atoms with Crippen molar-refractivity contribution in [3.8, 4) is 0 Å². The number of carbonyl (C=O) groups excluding carboxylic acids is 2. The molecule has 10 heteroatoms. The number of rotatable bonds is 13. The Labute approximate surface area is 161 Å². The molecule has 0 saturated carbocycles. The largest absolute Gasteiger partial charge is 0.472 e. The number of phosphoric acid groups is 1. The lowest BCUT2D eigenvalue weighted by Crippen LogP contribution is -2.46. The van der Waals surface area contributed by atoms with E-state index in [0.717, 1.165) is 6.42 Å². The minimum atomic E-state index is -4.26. The van der Waals surface area contributed by atoms with Gasteiger partial charge in [-0.15, -0.1) is 0 Å². The molecule has 2 amide bonds. The van der Waals surface area contributed by atoms with Crippen LogP contribution in [0.5, 0.6) is 0 Å². The van der Waals surface area contributed by atoms with Gasteiger partial charge in [0.25, 0.3) is 0 Å². The van der Waals surface area contributed by atoms with Crippen LogP contribution in [0.25, 0.3) is 0 Å². The van der Waals surface area contributed by atoms with E-state index in [1.165, 1.54) is 13.8 Å². The number of phosphoric ester groups is 1. The van der Waals surface area contributed by atoms with E-state index in [1.807, 2.05) is 0 Å². The first kappa shape index (κ1) is 26.0. The maximum Gasteiger partial charge on any atom is 0.472 e. The monoisotopic (exact) mass is 410 g/mol. The van der Waals surface area contributed by atoms with Crippen molar-refractivity contribution in [3.63, 3.8) is 0 Å². The molecule has 2 unspecified atom stereocenters. The Morgan fingerprint density at radius 2 is 1.70 bits per heavy atom. The summed E-state index contributed by atoms with van der Waals surface area (Å²) >= 11 is 0. The highest BCUT2D eigenvalue weighted by molar-refractivity contribution is 7.47. The molecule has 0 aromatic carbocycles. The first-order valence-electron chi connectivity index (χ1n) is 9.15. The Bertz CT molecular complexity index is 523. The molecule has 0 aliphatic heterocycles. The maximum atomic E-state index is 12.1. The van der Waals surface area contributed by atoms with Crippen LogP contribution in [0.4, 0.5) is 0 Å². The van der Waals surface area contributed by atoms with Crippen LogP contribution in [0.1, 0.15) is 54.4 Å². The van der Waals surface area contributed by atoms with Crippen LogP contribution >= 0.6 is 7.82 Å². The summed E-state index contributed by atoms with van der Waals surface area (Å²) in [6, 6.07) is 0. The summed E-state index contributed by atoms with van der Waals surface area (Å²) in [6.07, 6.45) is -1.02. The van der Waals surface area contributed by atoms with Crippen molar-refractivity contribution >= 4 is 19.6 Å². The topological polar surface area (TPSA) is 134 Å². The van der Waals surface area contributed by atoms with Gasteiger partial charge in [-0.25, -0.2) is 4.57 Å². The quantitative estimate of drug-likeness (QED) is 0.339. The average molecular weight is 410 g/mol. The molecule has 160 valence electrons. The third kappa shape index (κ3) is 12.2. The van der Waals surface area contributed by atoms with E-state index in [1.54, 1.807) is 13.8 Å². The molecular weight excluding hydrogens is 375 g/mol. The fourth-order valence-corrected chi connectivity index (χ4v) is 3.05. The highest BCUT2D eigenvalue weighted by Gasteiger charge is 2.37. The predicted octanol–water partition coefficient (Wildman–Crippen LogP) is 1.58. The van der Waals surface area contributed by atoms with Crippen molar-refractivity contribution in [3.05, 3.63) is 0 Å². The van der Waals surface area contributed by atoms with Crippen LogP contribution in [0, 0.1) is 11.3 Å². The Balaban J connectivity index is 4.33. The Morgan fingerprint density at radius 1 is 1.11 bits per heavy atom. The number of hydrogen-bond donors (Lipinski definition) is 4. The molecule has 0 spiro atoms. The zero-order valence-electron chi connectivity index (χ0n) is 17.2.